The predicted molar refractivity (Wildman–Crippen MR) is 70.0 cm³/mol. The standard InChI is InChI=1S/C13H15BrFNO2/c14-12-5-4-9(15)7-11(12)13(17)16-8-10-3-1-2-6-18-10/h4-5,7,10H,1-3,6,8H2,(H,16,17). The Hall–Kier alpha value is -0.940. The number of benzene rings is 1. The summed E-state index contributed by atoms with van der Waals surface area (Å²) in [5.74, 6) is -0.701. The molecule has 98 valence electrons. The number of nitrogens with one attached hydrogen (secondary N) is 1. The Balaban J connectivity index is 1.92. The van der Waals surface area contributed by atoms with Gasteiger partial charge in [0.15, 0.2) is 0 Å². The van der Waals surface area contributed by atoms with Crippen molar-refractivity contribution < 1.29 is 13.9 Å². The predicted octanol–water partition coefficient (Wildman–Crippen LogP) is 2.89. The quantitative estimate of drug-likeness (QED) is 0.931. The molecule has 1 amide bonds. The van der Waals surface area contributed by atoms with Crippen LogP contribution in [0.5, 0.6) is 0 Å². The van der Waals surface area contributed by atoms with Crippen molar-refractivity contribution in [1.29, 1.82) is 0 Å². The molecule has 5 heteroatoms. The van der Waals surface area contributed by atoms with Gasteiger partial charge in [0.1, 0.15) is 5.82 Å². The number of amides is 1. The molecule has 0 aromatic heterocycles. The van der Waals surface area contributed by atoms with E-state index < -0.39 is 5.82 Å². The minimum Gasteiger partial charge on any atom is -0.376 e. The molecule has 1 saturated heterocycles. The molecule has 1 aliphatic rings. The molecule has 1 N–H and O–H groups in total. The van der Waals surface area contributed by atoms with Crippen LogP contribution in [0.15, 0.2) is 22.7 Å². The molecule has 1 aromatic rings. The minimum absolute atomic E-state index is 0.0787. The van der Waals surface area contributed by atoms with Crippen LogP contribution in [-0.2, 0) is 4.74 Å². The first kappa shape index (κ1) is 13.5. The third kappa shape index (κ3) is 3.53. The molecule has 1 aliphatic heterocycles. The molecule has 3 nitrogen and oxygen atoms in total. The maximum Gasteiger partial charge on any atom is 0.252 e. The summed E-state index contributed by atoms with van der Waals surface area (Å²) in [7, 11) is 0. The van der Waals surface area contributed by atoms with E-state index in [-0.39, 0.29) is 12.0 Å². The van der Waals surface area contributed by atoms with Gasteiger partial charge in [0.25, 0.3) is 5.91 Å². The maximum atomic E-state index is 13.1. The van der Waals surface area contributed by atoms with Gasteiger partial charge in [-0.05, 0) is 53.4 Å². The van der Waals surface area contributed by atoms with E-state index in [0.717, 1.165) is 25.9 Å². The molecule has 1 heterocycles. The van der Waals surface area contributed by atoms with E-state index in [4.69, 9.17) is 4.74 Å². The smallest absolute Gasteiger partial charge is 0.252 e. The Morgan fingerprint density at radius 2 is 2.33 bits per heavy atom. The van der Waals surface area contributed by atoms with Crippen molar-refractivity contribution in [1.82, 2.24) is 5.32 Å². The van der Waals surface area contributed by atoms with Crippen LogP contribution in [-0.4, -0.2) is 25.2 Å². The zero-order valence-electron chi connectivity index (χ0n) is 9.92. The first-order valence-electron chi connectivity index (χ1n) is 6.01. The number of carbonyl (C=O) groups excluding carboxylic acids is 1. The highest BCUT2D eigenvalue weighted by Crippen LogP contribution is 2.18. The fourth-order valence-corrected chi connectivity index (χ4v) is 2.37. The van der Waals surface area contributed by atoms with Crippen LogP contribution in [0.1, 0.15) is 29.6 Å². The highest BCUT2D eigenvalue weighted by molar-refractivity contribution is 9.10. The second-order valence-electron chi connectivity index (χ2n) is 4.32. The number of ether oxygens (including phenoxy) is 1. The highest BCUT2D eigenvalue weighted by atomic mass is 79.9. The average molecular weight is 316 g/mol. The molecule has 0 saturated carbocycles. The van der Waals surface area contributed by atoms with Crippen LogP contribution in [0.3, 0.4) is 0 Å². The van der Waals surface area contributed by atoms with Crippen molar-refractivity contribution in [2.75, 3.05) is 13.2 Å². The molecule has 0 bridgehead atoms. The number of hydrogen-bond acceptors (Lipinski definition) is 2. The second kappa shape index (κ2) is 6.29. The van der Waals surface area contributed by atoms with Gasteiger partial charge in [-0.2, -0.15) is 0 Å². The summed E-state index contributed by atoms with van der Waals surface area (Å²) in [5, 5.41) is 2.78. The lowest BCUT2D eigenvalue weighted by molar-refractivity contribution is 0.0169. The first-order valence-corrected chi connectivity index (χ1v) is 6.81. The molecule has 18 heavy (non-hydrogen) atoms. The van der Waals surface area contributed by atoms with Gasteiger partial charge in [-0.15, -0.1) is 0 Å². The fraction of sp³-hybridized carbons (Fsp3) is 0.462. The highest BCUT2D eigenvalue weighted by Gasteiger charge is 2.16. The van der Waals surface area contributed by atoms with Crippen LogP contribution < -0.4 is 5.32 Å². The summed E-state index contributed by atoms with van der Waals surface area (Å²) < 4.78 is 19.2. The Labute approximate surface area is 114 Å². The largest absolute Gasteiger partial charge is 0.376 e. The summed E-state index contributed by atoms with van der Waals surface area (Å²) >= 11 is 3.24. The van der Waals surface area contributed by atoms with Crippen molar-refractivity contribution in [3.63, 3.8) is 0 Å². The molecule has 0 spiro atoms. The van der Waals surface area contributed by atoms with E-state index in [1.54, 1.807) is 0 Å². The zero-order valence-corrected chi connectivity index (χ0v) is 11.5. The molecule has 2 rings (SSSR count). The summed E-state index contributed by atoms with van der Waals surface area (Å²) in [4.78, 5) is 11.9. The Morgan fingerprint density at radius 1 is 1.50 bits per heavy atom. The van der Waals surface area contributed by atoms with Crippen molar-refractivity contribution in [3.05, 3.63) is 34.1 Å². The monoisotopic (exact) mass is 315 g/mol. The van der Waals surface area contributed by atoms with Gasteiger partial charge >= 0.3 is 0 Å². The van der Waals surface area contributed by atoms with Gasteiger partial charge in [0.05, 0.1) is 11.7 Å². The summed E-state index contributed by atoms with van der Waals surface area (Å²) in [5.41, 5.74) is 0.311. The van der Waals surface area contributed by atoms with Crippen molar-refractivity contribution in [3.8, 4) is 0 Å². The molecule has 1 fully saturated rings. The Kier molecular flexibility index (Phi) is 4.72. The van der Waals surface area contributed by atoms with Crippen LogP contribution in [0.2, 0.25) is 0 Å². The number of halogens is 2. The molecule has 1 atom stereocenters. The summed E-state index contributed by atoms with van der Waals surface area (Å²) in [6.07, 6.45) is 3.25. The van der Waals surface area contributed by atoms with Gasteiger partial charge < -0.3 is 10.1 Å². The third-order valence-electron chi connectivity index (χ3n) is 2.94. The second-order valence-corrected chi connectivity index (χ2v) is 5.18. The zero-order chi connectivity index (χ0) is 13.0. The van der Waals surface area contributed by atoms with Crippen LogP contribution in [0, 0.1) is 5.82 Å². The van der Waals surface area contributed by atoms with Crippen LogP contribution in [0.25, 0.3) is 0 Å². The van der Waals surface area contributed by atoms with E-state index >= 15 is 0 Å². The van der Waals surface area contributed by atoms with E-state index in [1.807, 2.05) is 0 Å². The van der Waals surface area contributed by atoms with E-state index in [0.29, 0.717) is 16.6 Å². The average Bonchev–Trinajstić information content (AvgIpc) is 2.40. The van der Waals surface area contributed by atoms with E-state index in [9.17, 15) is 9.18 Å². The lowest BCUT2D eigenvalue weighted by atomic mass is 10.1. The van der Waals surface area contributed by atoms with Crippen LogP contribution in [0.4, 0.5) is 4.39 Å². The SMILES string of the molecule is O=C(NCC1CCCCO1)c1cc(F)ccc1Br. The number of rotatable bonds is 3. The molecular formula is C13H15BrFNO2. The topological polar surface area (TPSA) is 38.3 Å². The first-order chi connectivity index (χ1) is 8.66. The fourth-order valence-electron chi connectivity index (χ4n) is 1.94. The molecule has 0 aliphatic carbocycles. The van der Waals surface area contributed by atoms with Gasteiger partial charge in [0, 0.05) is 17.6 Å². The van der Waals surface area contributed by atoms with E-state index in [1.165, 1.54) is 18.2 Å². The van der Waals surface area contributed by atoms with Crippen LogP contribution >= 0.6 is 15.9 Å². The van der Waals surface area contributed by atoms with Crippen molar-refractivity contribution >= 4 is 21.8 Å². The summed E-state index contributed by atoms with van der Waals surface area (Å²) in [6.45, 7) is 1.23. The lowest BCUT2D eigenvalue weighted by Crippen LogP contribution is -2.35. The van der Waals surface area contributed by atoms with Gasteiger partial charge in [-0.1, -0.05) is 0 Å². The van der Waals surface area contributed by atoms with Gasteiger partial charge in [-0.25, -0.2) is 4.39 Å². The molecule has 1 aromatic carbocycles. The number of hydrogen-bond donors (Lipinski definition) is 1. The minimum atomic E-state index is -0.419. The van der Waals surface area contributed by atoms with E-state index in [2.05, 4.69) is 21.2 Å². The molecular weight excluding hydrogens is 301 g/mol. The third-order valence-corrected chi connectivity index (χ3v) is 3.63. The maximum absolute atomic E-state index is 13.1. The van der Waals surface area contributed by atoms with Crippen molar-refractivity contribution in [2.45, 2.75) is 25.4 Å². The lowest BCUT2D eigenvalue weighted by Gasteiger charge is -2.22. The molecule has 1 unspecified atom stereocenters. The van der Waals surface area contributed by atoms with Crippen molar-refractivity contribution in [2.24, 2.45) is 0 Å². The van der Waals surface area contributed by atoms with Gasteiger partial charge in [0.2, 0.25) is 0 Å². The summed E-state index contributed by atoms with van der Waals surface area (Å²) in [6, 6.07) is 4.06. The Bertz CT molecular complexity index is 433. The Morgan fingerprint density at radius 3 is 3.06 bits per heavy atom. The number of carbonyl (C=O) groups is 1. The molecule has 0 radical (unpaired) electrons. The normalized spacial score (nSPS) is 19.6. The van der Waals surface area contributed by atoms with Gasteiger partial charge in [-0.3, -0.25) is 4.79 Å².